The van der Waals surface area contributed by atoms with E-state index in [1.807, 2.05) is 6.07 Å². The average molecular weight is 938 g/mol. The number of hydrogen-bond acceptors (Lipinski definition) is 3. The third-order valence-electron chi connectivity index (χ3n) is 15.1. The standard InChI is InChI=1S/C68H47NO2Si/c1-72(2)63-24-14-11-19-53(63)54-38-37-52(43-64(54)72)69(50-33-29-47(30-34-50)45-17-7-4-8-18-45)51-35-31-49(32-36-51)66-56(40-42-62-68(66)58-21-10-13-23-60(58)71-62)55-39-41-61-67(57-20-9-12-22-59(57)70-61)65(55)48-27-25-46(26-28-48)44-15-5-3-6-16-44/h3-43H,1-2H3. The number of benzene rings is 11. The fourth-order valence-corrected chi connectivity index (χ4v) is 14.7. The minimum Gasteiger partial charge on any atom is -0.456 e. The van der Waals surface area contributed by atoms with Crippen molar-refractivity contribution in [2.45, 2.75) is 13.1 Å². The molecule has 340 valence electrons. The van der Waals surface area contributed by atoms with Crippen LogP contribution in [-0.2, 0) is 0 Å². The highest BCUT2D eigenvalue weighted by atomic mass is 28.3. The van der Waals surface area contributed by atoms with Crippen molar-refractivity contribution in [2.75, 3.05) is 4.90 Å². The molecule has 0 bridgehead atoms. The normalized spacial score (nSPS) is 12.7. The van der Waals surface area contributed by atoms with E-state index >= 15 is 0 Å². The molecule has 0 amide bonds. The van der Waals surface area contributed by atoms with Gasteiger partial charge in [0.15, 0.2) is 0 Å². The van der Waals surface area contributed by atoms with Gasteiger partial charge in [-0.3, -0.25) is 0 Å². The molecule has 0 saturated heterocycles. The summed E-state index contributed by atoms with van der Waals surface area (Å²) in [6.45, 7) is 4.98. The van der Waals surface area contributed by atoms with Crippen LogP contribution >= 0.6 is 0 Å². The largest absolute Gasteiger partial charge is 0.456 e. The Morgan fingerprint density at radius 3 is 1.22 bits per heavy atom. The van der Waals surface area contributed by atoms with E-state index in [-0.39, 0.29) is 0 Å². The Hall–Kier alpha value is -8.96. The maximum atomic E-state index is 6.67. The maximum Gasteiger partial charge on any atom is 0.136 e. The number of anilines is 3. The fraction of sp³-hybridized carbons (Fsp3) is 0.0294. The monoisotopic (exact) mass is 937 g/mol. The molecule has 72 heavy (non-hydrogen) atoms. The number of hydrogen-bond donors (Lipinski definition) is 0. The average Bonchev–Trinajstić information content (AvgIpc) is 4.09. The van der Waals surface area contributed by atoms with Crippen LogP contribution in [0.25, 0.3) is 111 Å². The van der Waals surface area contributed by atoms with Crippen molar-refractivity contribution in [2.24, 2.45) is 0 Å². The molecule has 11 aromatic carbocycles. The number of rotatable bonds is 8. The maximum absolute atomic E-state index is 6.67. The molecule has 3 nitrogen and oxygen atoms in total. The molecular formula is C68H47NO2Si. The second kappa shape index (κ2) is 16.6. The molecule has 0 unspecified atom stereocenters. The molecule has 0 aliphatic carbocycles. The van der Waals surface area contributed by atoms with E-state index in [9.17, 15) is 0 Å². The Morgan fingerprint density at radius 2 is 0.681 bits per heavy atom. The second-order valence-corrected chi connectivity index (χ2v) is 23.9. The van der Waals surface area contributed by atoms with Crippen molar-refractivity contribution in [3.05, 3.63) is 249 Å². The van der Waals surface area contributed by atoms with Crippen molar-refractivity contribution in [1.29, 1.82) is 0 Å². The van der Waals surface area contributed by atoms with Gasteiger partial charge < -0.3 is 13.7 Å². The highest BCUT2D eigenvalue weighted by Gasteiger charge is 2.37. The lowest BCUT2D eigenvalue weighted by molar-refractivity contribution is 0.668. The summed E-state index contributed by atoms with van der Waals surface area (Å²) in [5, 5.41) is 7.35. The third kappa shape index (κ3) is 6.71. The molecule has 13 aromatic rings. The predicted octanol–water partition coefficient (Wildman–Crippen LogP) is 18.1. The van der Waals surface area contributed by atoms with Crippen LogP contribution in [0.2, 0.25) is 13.1 Å². The van der Waals surface area contributed by atoms with Crippen LogP contribution in [0.1, 0.15) is 0 Å². The minimum absolute atomic E-state index is 0.855. The summed E-state index contributed by atoms with van der Waals surface area (Å²) in [5.74, 6) is 0. The Kier molecular flexibility index (Phi) is 9.67. The second-order valence-electron chi connectivity index (χ2n) is 19.6. The topological polar surface area (TPSA) is 29.5 Å². The first kappa shape index (κ1) is 42.0. The van der Waals surface area contributed by atoms with Gasteiger partial charge in [0.25, 0.3) is 0 Å². The lowest BCUT2D eigenvalue weighted by Gasteiger charge is -2.28. The van der Waals surface area contributed by atoms with E-state index < -0.39 is 8.07 Å². The molecule has 0 spiro atoms. The van der Waals surface area contributed by atoms with Gasteiger partial charge in [-0.2, -0.15) is 0 Å². The molecule has 0 N–H and O–H groups in total. The van der Waals surface area contributed by atoms with Crippen molar-refractivity contribution in [3.63, 3.8) is 0 Å². The lowest BCUT2D eigenvalue weighted by Crippen LogP contribution is -2.49. The Bertz CT molecular complexity index is 4210. The summed E-state index contributed by atoms with van der Waals surface area (Å²) in [6.07, 6.45) is 0. The van der Waals surface area contributed by atoms with Crippen molar-refractivity contribution in [1.82, 2.24) is 0 Å². The highest BCUT2D eigenvalue weighted by Crippen LogP contribution is 2.49. The first-order chi connectivity index (χ1) is 35.5. The van der Waals surface area contributed by atoms with Gasteiger partial charge in [-0.1, -0.05) is 189 Å². The smallest absolute Gasteiger partial charge is 0.136 e. The molecule has 4 heteroatoms. The highest BCUT2D eigenvalue weighted by molar-refractivity contribution is 7.03. The first-order valence-electron chi connectivity index (χ1n) is 24.8. The van der Waals surface area contributed by atoms with Crippen LogP contribution in [0.4, 0.5) is 17.1 Å². The Balaban J connectivity index is 0.966. The van der Waals surface area contributed by atoms with Crippen LogP contribution < -0.4 is 15.3 Å². The van der Waals surface area contributed by atoms with Crippen LogP contribution in [-0.4, -0.2) is 8.07 Å². The number of nitrogens with zero attached hydrogens (tertiary/aromatic N) is 1. The minimum atomic E-state index is -1.96. The molecule has 14 rings (SSSR count). The molecular weight excluding hydrogens is 891 g/mol. The van der Waals surface area contributed by atoms with Gasteiger partial charge in [0.1, 0.15) is 30.4 Å². The number of fused-ring (bicyclic) bond motifs is 9. The Labute approximate surface area is 419 Å². The van der Waals surface area contributed by atoms with Crippen LogP contribution in [0, 0.1) is 0 Å². The lowest BCUT2D eigenvalue weighted by atomic mass is 9.85. The van der Waals surface area contributed by atoms with E-state index in [1.165, 1.54) is 43.8 Å². The molecule has 1 aliphatic rings. The van der Waals surface area contributed by atoms with Gasteiger partial charge in [0.2, 0.25) is 0 Å². The molecule has 0 radical (unpaired) electrons. The summed E-state index contributed by atoms with van der Waals surface area (Å²) in [4.78, 5) is 2.43. The SMILES string of the molecule is C[Si]1(C)c2ccccc2-c2ccc(N(c3ccc(-c4ccccc4)cc3)c3ccc(-c4c(-c5ccc6oc7ccccc7c6c5-c5ccc(-c6ccccc6)cc5)ccc5oc6ccccc6c45)cc3)cc21. The van der Waals surface area contributed by atoms with Crippen LogP contribution in [0.5, 0.6) is 0 Å². The Morgan fingerprint density at radius 1 is 0.292 bits per heavy atom. The van der Waals surface area contributed by atoms with E-state index in [0.717, 1.165) is 94.3 Å². The number of furan rings is 2. The van der Waals surface area contributed by atoms with E-state index in [4.69, 9.17) is 8.83 Å². The van der Waals surface area contributed by atoms with E-state index in [1.54, 1.807) is 0 Å². The number of para-hydroxylation sites is 2. The zero-order valence-electron chi connectivity index (χ0n) is 39.9. The van der Waals surface area contributed by atoms with Crippen LogP contribution in [0.3, 0.4) is 0 Å². The zero-order valence-corrected chi connectivity index (χ0v) is 40.9. The van der Waals surface area contributed by atoms with E-state index in [2.05, 4.69) is 261 Å². The van der Waals surface area contributed by atoms with Crippen molar-refractivity contribution >= 4 is 79.4 Å². The zero-order chi connectivity index (χ0) is 47.9. The van der Waals surface area contributed by atoms with Gasteiger partial charge in [-0.25, -0.2) is 0 Å². The van der Waals surface area contributed by atoms with Gasteiger partial charge in [0, 0.05) is 49.7 Å². The fourth-order valence-electron chi connectivity index (χ4n) is 11.6. The molecule has 2 aromatic heterocycles. The first-order valence-corrected chi connectivity index (χ1v) is 27.8. The molecule has 1 aliphatic heterocycles. The summed E-state index contributed by atoms with van der Waals surface area (Å²) in [5.41, 5.74) is 21.0. The molecule has 0 saturated carbocycles. The summed E-state index contributed by atoms with van der Waals surface area (Å²) < 4.78 is 13.3. The van der Waals surface area contributed by atoms with Gasteiger partial charge in [-0.05, 0) is 139 Å². The quantitative estimate of drug-likeness (QED) is 0.142. The molecule has 3 heterocycles. The third-order valence-corrected chi connectivity index (χ3v) is 18.7. The predicted molar refractivity (Wildman–Crippen MR) is 305 cm³/mol. The van der Waals surface area contributed by atoms with E-state index in [0.29, 0.717) is 0 Å². The van der Waals surface area contributed by atoms with Gasteiger partial charge in [-0.15, -0.1) is 0 Å². The molecule has 0 fully saturated rings. The summed E-state index contributed by atoms with van der Waals surface area (Å²) in [6, 6.07) is 90.3. The van der Waals surface area contributed by atoms with Crippen molar-refractivity contribution in [3.8, 4) is 66.8 Å². The van der Waals surface area contributed by atoms with Crippen molar-refractivity contribution < 1.29 is 8.83 Å². The summed E-state index contributed by atoms with van der Waals surface area (Å²) in [7, 11) is -1.96. The van der Waals surface area contributed by atoms with Crippen LogP contribution in [0.15, 0.2) is 258 Å². The summed E-state index contributed by atoms with van der Waals surface area (Å²) >= 11 is 0. The molecule has 0 atom stereocenters. The van der Waals surface area contributed by atoms with Gasteiger partial charge >= 0.3 is 0 Å². The van der Waals surface area contributed by atoms with Gasteiger partial charge in [0.05, 0.1) is 0 Å².